The molecule has 4 rings (SSSR count). The second-order valence-corrected chi connectivity index (χ2v) is 6.91. The van der Waals surface area contributed by atoms with Crippen LogP contribution in [0.2, 0.25) is 0 Å². The molecular formula is C20H19F2N5O. The number of likely N-dealkylation sites (tertiary alicyclic amines) is 1. The summed E-state index contributed by atoms with van der Waals surface area (Å²) >= 11 is 0. The number of hydrogen-bond donors (Lipinski definition) is 1. The van der Waals surface area contributed by atoms with Gasteiger partial charge in [-0.1, -0.05) is 0 Å². The van der Waals surface area contributed by atoms with Crippen LogP contribution in [0.1, 0.15) is 29.0 Å². The molecule has 28 heavy (non-hydrogen) atoms. The van der Waals surface area contributed by atoms with Gasteiger partial charge in [0, 0.05) is 37.5 Å². The Morgan fingerprint density at radius 3 is 2.64 bits per heavy atom. The number of amides is 1. The molecule has 0 unspecified atom stereocenters. The molecule has 0 atom stereocenters. The summed E-state index contributed by atoms with van der Waals surface area (Å²) < 4.78 is 27.2. The van der Waals surface area contributed by atoms with Gasteiger partial charge in [0.15, 0.2) is 5.82 Å². The van der Waals surface area contributed by atoms with Gasteiger partial charge in [0.05, 0.1) is 5.56 Å². The molecule has 1 saturated heterocycles. The average Bonchev–Trinajstić information content (AvgIpc) is 3.19. The van der Waals surface area contributed by atoms with Gasteiger partial charge in [0.1, 0.15) is 17.5 Å². The van der Waals surface area contributed by atoms with Gasteiger partial charge in [-0.3, -0.25) is 14.9 Å². The first-order valence-corrected chi connectivity index (χ1v) is 9.16. The predicted octanol–water partition coefficient (Wildman–Crippen LogP) is 3.24. The molecule has 1 amide bonds. The number of rotatable bonds is 4. The molecule has 0 radical (unpaired) electrons. The number of H-pyrrole nitrogens is 1. The second kappa shape index (κ2) is 7.84. The fourth-order valence-corrected chi connectivity index (χ4v) is 3.46. The first-order valence-electron chi connectivity index (χ1n) is 9.16. The maximum Gasteiger partial charge on any atom is 0.256 e. The zero-order valence-corrected chi connectivity index (χ0v) is 15.1. The predicted molar refractivity (Wildman–Crippen MR) is 98.3 cm³/mol. The topological polar surface area (TPSA) is 74.8 Å². The van der Waals surface area contributed by atoms with E-state index in [9.17, 15) is 13.6 Å². The molecule has 1 N–H and O–H groups in total. The summed E-state index contributed by atoms with van der Waals surface area (Å²) in [6, 6.07) is 6.65. The van der Waals surface area contributed by atoms with Crippen LogP contribution in [0.25, 0.3) is 11.4 Å². The Hall–Kier alpha value is -3.16. The van der Waals surface area contributed by atoms with Crippen molar-refractivity contribution in [3.05, 3.63) is 65.7 Å². The molecule has 1 aromatic carbocycles. The molecule has 0 spiro atoms. The number of carbonyl (C=O) groups excluding carboxylic acids is 1. The van der Waals surface area contributed by atoms with Crippen molar-refractivity contribution in [3.8, 4) is 11.4 Å². The molecule has 8 heteroatoms. The smallest absolute Gasteiger partial charge is 0.256 e. The molecule has 1 aliphatic heterocycles. The lowest BCUT2D eigenvalue weighted by Gasteiger charge is -2.31. The molecule has 144 valence electrons. The maximum absolute atomic E-state index is 13.8. The van der Waals surface area contributed by atoms with E-state index in [1.165, 1.54) is 0 Å². The highest BCUT2D eigenvalue weighted by Gasteiger charge is 2.26. The highest BCUT2D eigenvalue weighted by molar-refractivity contribution is 5.94. The third-order valence-electron chi connectivity index (χ3n) is 5.01. The van der Waals surface area contributed by atoms with E-state index in [-0.39, 0.29) is 5.56 Å². The van der Waals surface area contributed by atoms with Gasteiger partial charge in [-0.2, -0.15) is 5.10 Å². The lowest BCUT2D eigenvalue weighted by Crippen LogP contribution is -2.39. The van der Waals surface area contributed by atoms with E-state index in [0.717, 1.165) is 48.8 Å². The van der Waals surface area contributed by atoms with Crippen LogP contribution < -0.4 is 0 Å². The summed E-state index contributed by atoms with van der Waals surface area (Å²) in [6.45, 7) is 1.01. The first-order chi connectivity index (χ1) is 13.6. The Balaban J connectivity index is 1.35. The summed E-state index contributed by atoms with van der Waals surface area (Å²) in [7, 11) is 0. The van der Waals surface area contributed by atoms with E-state index in [2.05, 4.69) is 20.2 Å². The minimum absolute atomic E-state index is 0.212. The molecule has 3 heterocycles. The van der Waals surface area contributed by atoms with Crippen LogP contribution >= 0.6 is 0 Å². The largest absolute Gasteiger partial charge is 0.339 e. The third-order valence-corrected chi connectivity index (χ3v) is 5.01. The van der Waals surface area contributed by atoms with Gasteiger partial charge in [0.25, 0.3) is 5.91 Å². The fraction of sp³-hybridized carbons (Fsp3) is 0.300. The molecule has 0 bridgehead atoms. The summed E-state index contributed by atoms with van der Waals surface area (Å²) in [6.07, 6.45) is 5.66. The van der Waals surface area contributed by atoms with E-state index in [4.69, 9.17) is 0 Å². The number of carbonyl (C=O) groups is 1. The van der Waals surface area contributed by atoms with Gasteiger partial charge in [0.2, 0.25) is 0 Å². The van der Waals surface area contributed by atoms with Crippen molar-refractivity contribution in [1.29, 1.82) is 0 Å². The molecule has 1 aliphatic rings. The van der Waals surface area contributed by atoms with Crippen molar-refractivity contribution < 1.29 is 13.6 Å². The van der Waals surface area contributed by atoms with Crippen LogP contribution in [0.3, 0.4) is 0 Å². The van der Waals surface area contributed by atoms with E-state index in [0.29, 0.717) is 24.8 Å². The minimum Gasteiger partial charge on any atom is -0.339 e. The molecule has 0 saturated carbocycles. The standard InChI is InChI=1S/C20H19F2N5O/c21-15-1-2-17(22)16(12-15)20(28)27-9-5-13(6-10-27)11-18-24-19(26-25-18)14-3-7-23-8-4-14/h1-4,7-8,12-13H,5-6,9-11H2,(H,24,25,26). The van der Waals surface area contributed by atoms with Crippen LogP contribution in [0, 0.1) is 17.6 Å². The third kappa shape index (κ3) is 3.90. The van der Waals surface area contributed by atoms with Gasteiger partial charge >= 0.3 is 0 Å². The Labute approximate surface area is 160 Å². The van der Waals surface area contributed by atoms with E-state index >= 15 is 0 Å². The zero-order valence-electron chi connectivity index (χ0n) is 15.1. The number of nitrogens with zero attached hydrogens (tertiary/aromatic N) is 4. The first kappa shape index (κ1) is 18.2. The van der Waals surface area contributed by atoms with Crippen LogP contribution in [0.4, 0.5) is 8.78 Å². The minimum atomic E-state index is -0.696. The zero-order chi connectivity index (χ0) is 19.5. The maximum atomic E-state index is 13.8. The Kier molecular flexibility index (Phi) is 5.10. The number of halogens is 2. The molecule has 3 aromatic rings. The van der Waals surface area contributed by atoms with Gasteiger partial charge in [-0.25, -0.2) is 13.8 Å². The molecule has 1 fully saturated rings. The van der Waals surface area contributed by atoms with Crippen LogP contribution in [0.5, 0.6) is 0 Å². The fourth-order valence-electron chi connectivity index (χ4n) is 3.46. The summed E-state index contributed by atoms with van der Waals surface area (Å²) in [5.41, 5.74) is 0.686. The number of nitrogens with one attached hydrogen (secondary N) is 1. The Morgan fingerprint density at radius 1 is 1.14 bits per heavy atom. The lowest BCUT2D eigenvalue weighted by atomic mass is 9.93. The SMILES string of the molecule is O=C(c1cc(F)ccc1F)N1CCC(Cc2nc(-c3ccncc3)n[nH]2)CC1. The van der Waals surface area contributed by atoms with Crippen molar-refractivity contribution in [2.45, 2.75) is 19.3 Å². The van der Waals surface area contributed by atoms with E-state index < -0.39 is 17.5 Å². The second-order valence-electron chi connectivity index (χ2n) is 6.91. The summed E-state index contributed by atoms with van der Waals surface area (Å²) in [5, 5.41) is 7.22. The number of aromatic amines is 1. The van der Waals surface area contributed by atoms with Gasteiger partial charge in [-0.15, -0.1) is 0 Å². The van der Waals surface area contributed by atoms with Crippen LogP contribution in [-0.2, 0) is 6.42 Å². The number of piperidine rings is 1. The molecule has 0 aliphatic carbocycles. The number of aromatic nitrogens is 4. The van der Waals surface area contributed by atoms with Gasteiger partial charge in [-0.05, 0) is 49.1 Å². The van der Waals surface area contributed by atoms with Crippen LogP contribution in [0.15, 0.2) is 42.7 Å². The monoisotopic (exact) mass is 383 g/mol. The lowest BCUT2D eigenvalue weighted by molar-refractivity contribution is 0.0684. The number of pyridine rings is 1. The van der Waals surface area contributed by atoms with Crippen molar-refractivity contribution in [2.24, 2.45) is 5.92 Å². The molecule has 6 nitrogen and oxygen atoms in total. The highest BCUT2D eigenvalue weighted by atomic mass is 19.1. The van der Waals surface area contributed by atoms with Crippen LogP contribution in [-0.4, -0.2) is 44.1 Å². The quantitative estimate of drug-likeness (QED) is 0.751. The van der Waals surface area contributed by atoms with Crippen molar-refractivity contribution in [2.75, 3.05) is 13.1 Å². The van der Waals surface area contributed by atoms with Gasteiger partial charge < -0.3 is 4.90 Å². The molecular weight excluding hydrogens is 364 g/mol. The average molecular weight is 383 g/mol. The Bertz CT molecular complexity index is 968. The normalized spacial score (nSPS) is 15.0. The number of hydrogen-bond acceptors (Lipinski definition) is 4. The van der Waals surface area contributed by atoms with Crippen molar-refractivity contribution in [1.82, 2.24) is 25.1 Å². The molecule has 2 aromatic heterocycles. The summed E-state index contributed by atoms with van der Waals surface area (Å²) in [4.78, 5) is 22.6. The highest BCUT2D eigenvalue weighted by Crippen LogP contribution is 2.23. The summed E-state index contributed by atoms with van der Waals surface area (Å²) in [5.74, 6) is 0.00266. The van der Waals surface area contributed by atoms with Crippen molar-refractivity contribution in [3.63, 3.8) is 0 Å². The van der Waals surface area contributed by atoms with E-state index in [1.54, 1.807) is 17.3 Å². The van der Waals surface area contributed by atoms with Crippen molar-refractivity contribution >= 4 is 5.91 Å². The number of benzene rings is 1. The Morgan fingerprint density at radius 2 is 1.89 bits per heavy atom. The van der Waals surface area contributed by atoms with E-state index in [1.807, 2.05) is 12.1 Å².